The van der Waals surface area contributed by atoms with Gasteiger partial charge in [0.25, 0.3) is 0 Å². The Labute approximate surface area is 123 Å². The molecule has 104 valence electrons. The van der Waals surface area contributed by atoms with Crippen molar-refractivity contribution < 1.29 is 9.53 Å². The first kappa shape index (κ1) is 14.5. The lowest BCUT2D eigenvalue weighted by Crippen LogP contribution is -2.37. The maximum Gasteiger partial charge on any atom is 0.153 e. The van der Waals surface area contributed by atoms with Crippen LogP contribution in [0.1, 0.15) is 36.0 Å². The molecule has 0 radical (unpaired) electrons. The van der Waals surface area contributed by atoms with Crippen molar-refractivity contribution in [2.75, 3.05) is 20.2 Å². The number of aldehydes is 1. The van der Waals surface area contributed by atoms with Crippen LogP contribution in [0.4, 0.5) is 0 Å². The highest BCUT2D eigenvalue weighted by molar-refractivity contribution is 9.10. The third kappa shape index (κ3) is 4.05. The summed E-state index contributed by atoms with van der Waals surface area (Å²) in [6.45, 7) is 1.85. The molecule has 1 fully saturated rings. The smallest absolute Gasteiger partial charge is 0.153 e. The Morgan fingerprint density at radius 1 is 1.47 bits per heavy atom. The van der Waals surface area contributed by atoms with Gasteiger partial charge in [-0.3, -0.25) is 4.79 Å². The second kappa shape index (κ2) is 7.06. The van der Waals surface area contributed by atoms with E-state index < -0.39 is 0 Å². The fourth-order valence-corrected chi connectivity index (χ4v) is 2.94. The molecule has 0 spiro atoms. The van der Waals surface area contributed by atoms with Crippen LogP contribution in [-0.2, 0) is 0 Å². The van der Waals surface area contributed by atoms with Crippen molar-refractivity contribution in [1.82, 2.24) is 4.90 Å². The molecule has 3 nitrogen and oxygen atoms in total. The average Bonchev–Trinajstić information content (AvgIpc) is 2.42. The van der Waals surface area contributed by atoms with Crippen LogP contribution in [0.2, 0.25) is 0 Å². The van der Waals surface area contributed by atoms with E-state index in [4.69, 9.17) is 4.74 Å². The normalized spacial score (nSPS) is 20.2. The fourth-order valence-electron chi connectivity index (χ4n) is 2.56. The quantitative estimate of drug-likeness (QED) is 0.776. The van der Waals surface area contributed by atoms with Gasteiger partial charge in [0.2, 0.25) is 0 Å². The Kier molecular flexibility index (Phi) is 5.40. The van der Waals surface area contributed by atoms with Crippen molar-refractivity contribution in [3.63, 3.8) is 0 Å². The molecule has 1 heterocycles. The van der Waals surface area contributed by atoms with Crippen LogP contribution in [0.15, 0.2) is 22.7 Å². The van der Waals surface area contributed by atoms with Gasteiger partial charge < -0.3 is 9.64 Å². The zero-order valence-electron chi connectivity index (χ0n) is 11.3. The summed E-state index contributed by atoms with van der Waals surface area (Å²) in [6.07, 6.45) is 5.72. The van der Waals surface area contributed by atoms with E-state index in [0.717, 1.165) is 17.2 Å². The molecular formula is C15H20BrNO2. The summed E-state index contributed by atoms with van der Waals surface area (Å²) in [7, 11) is 2.18. The van der Waals surface area contributed by atoms with Crippen molar-refractivity contribution in [1.29, 1.82) is 0 Å². The minimum absolute atomic E-state index is 0.603. The minimum atomic E-state index is 0.603. The summed E-state index contributed by atoms with van der Waals surface area (Å²) < 4.78 is 6.65. The molecule has 1 aliphatic rings. The van der Waals surface area contributed by atoms with Crippen LogP contribution in [0.5, 0.6) is 5.75 Å². The number of piperidine rings is 1. The second-order valence-electron chi connectivity index (χ2n) is 5.07. The molecule has 0 N–H and O–H groups in total. The standard InChI is InChI=1S/C15H20BrNO2/c1-17-8-3-2-4-14(17)7-9-19-15-6-5-13(16)10-12(15)11-18/h5-6,10-11,14H,2-4,7-9H2,1H3. The third-order valence-electron chi connectivity index (χ3n) is 3.73. The molecule has 1 aromatic carbocycles. The van der Waals surface area contributed by atoms with Crippen molar-refractivity contribution in [3.8, 4) is 5.75 Å². The number of carbonyl (C=O) groups is 1. The number of hydrogen-bond donors (Lipinski definition) is 0. The largest absolute Gasteiger partial charge is 0.493 e. The van der Waals surface area contributed by atoms with Gasteiger partial charge in [-0.25, -0.2) is 0 Å². The number of carbonyl (C=O) groups excluding carboxylic acids is 1. The lowest BCUT2D eigenvalue weighted by molar-refractivity contribution is 0.111. The fraction of sp³-hybridized carbons (Fsp3) is 0.533. The Bertz CT molecular complexity index is 436. The van der Waals surface area contributed by atoms with E-state index in [2.05, 4.69) is 27.9 Å². The van der Waals surface area contributed by atoms with E-state index in [-0.39, 0.29) is 0 Å². The van der Waals surface area contributed by atoms with Crippen LogP contribution < -0.4 is 4.74 Å². The first-order chi connectivity index (χ1) is 9.20. The minimum Gasteiger partial charge on any atom is -0.493 e. The molecule has 0 amide bonds. The van der Waals surface area contributed by atoms with E-state index >= 15 is 0 Å². The van der Waals surface area contributed by atoms with Crippen molar-refractivity contribution >= 4 is 22.2 Å². The van der Waals surface area contributed by atoms with Crippen molar-refractivity contribution in [2.45, 2.75) is 31.7 Å². The lowest BCUT2D eigenvalue weighted by Gasteiger charge is -2.32. The number of ether oxygens (including phenoxy) is 1. The zero-order chi connectivity index (χ0) is 13.7. The second-order valence-corrected chi connectivity index (χ2v) is 5.98. The SMILES string of the molecule is CN1CCCCC1CCOc1ccc(Br)cc1C=O. The van der Waals surface area contributed by atoms with Gasteiger partial charge in [0.15, 0.2) is 6.29 Å². The molecule has 1 saturated heterocycles. The number of rotatable bonds is 5. The van der Waals surface area contributed by atoms with Gasteiger partial charge in [0, 0.05) is 10.5 Å². The number of nitrogens with zero attached hydrogens (tertiary/aromatic N) is 1. The van der Waals surface area contributed by atoms with Crippen LogP contribution in [0.25, 0.3) is 0 Å². The van der Waals surface area contributed by atoms with Crippen molar-refractivity contribution in [2.24, 2.45) is 0 Å². The van der Waals surface area contributed by atoms with Crippen molar-refractivity contribution in [3.05, 3.63) is 28.2 Å². The number of hydrogen-bond acceptors (Lipinski definition) is 3. The first-order valence-corrected chi connectivity index (χ1v) is 7.58. The first-order valence-electron chi connectivity index (χ1n) is 6.78. The number of halogens is 1. The molecule has 4 heteroatoms. The Balaban J connectivity index is 1.86. The summed E-state index contributed by atoms with van der Waals surface area (Å²) in [5.41, 5.74) is 0.603. The number of likely N-dealkylation sites (tertiary alicyclic amines) is 1. The Morgan fingerprint density at radius 2 is 2.32 bits per heavy atom. The van der Waals surface area contributed by atoms with Gasteiger partial charge in [-0.1, -0.05) is 22.4 Å². The summed E-state index contributed by atoms with van der Waals surface area (Å²) in [6, 6.07) is 6.14. The molecule has 1 aliphatic heterocycles. The summed E-state index contributed by atoms with van der Waals surface area (Å²) in [5, 5.41) is 0. The third-order valence-corrected chi connectivity index (χ3v) is 4.22. The van der Waals surface area contributed by atoms with Crippen LogP contribution in [0, 0.1) is 0 Å². The average molecular weight is 326 g/mol. The van der Waals surface area contributed by atoms with Gasteiger partial charge in [-0.15, -0.1) is 0 Å². The molecule has 1 aromatic rings. The predicted octanol–water partition coefficient (Wildman–Crippen LogP) is 3.51. The van der Waals surface area contributed by atoms with E-state index in [1.54, 1.807) is 6.07 Å². The highest BCUT2D eigenvalue weighted by Crippen LogP contribution is 2.23. The molecule has 2 rings (SSSR count). The van der Waals surface area contributed by atoms with Crippen LogP contribution >= 0.6 is 15.9 Å². The molecule has 1 atom stereocenters. The summed E-state index contributed by atoms with van der Waals surface area (Å²) >= 11 is 3.35. The van der Waals surface area contributed by atoms with E-state index in [0.29, 0.717) is 24.0 Å². The summed E-state index contributed by atoms with van der Waals surface area (Å²) in [4.78, 5) is 13.4. The maximum absolute atomic E-state index is 11.0. The molecule has 0 aliphatic carbocycles. The molecule has 0 saturated carbocycles. The van der Waals surface area contributed by atoms with Crippen LogP contribution in [0.3, 0.4) is 0 Å². The van der Waals surface area contributed by atoms with Gasteiger partial charge in [0.05, 0.1) is 12.2 Å². The van der Waals surface area contributed by atoms with E-state index in [1.807, 2.05) is 12.1 Å². The Hall–Kier alpha value is -0.870. The molecule has 19 heavy (non-hydrogen) atoms. The highest BCUT2D eigenvalue weighted by Gasteiger charge is 2.18. The van der Waals surface area contributed by atoms with Crippen LogP contribution in [-0.4, -0.2) is 37.4 Å². The van der Waals surface area contributed by atoms with Gasteiger partial charge in [-0.2, -0.15) is 0 Å². The van der Waals surface area contributed by atoms with Gasteiger partial charge >= 0.3 is 0 Å². The predicted molar refractivity (Wildman–Crippen MR) is 79.9 cm³/mol. The Morgan fingerprint density at radius 3 is 3.05 bits per heavy atom. The number of benzene rings is 1. The van der Waals surface area contributed by atoms with Gasteiger partial charge in [-0.05, 0) is 51.1 Å². The molecular weight excluding hydrogens is 306 g/mol. The molecule has 0 bridgehead atoms. The molecule has 0 aromatic heterocycles. The van der Waals surface area contributed by atoms with Gasteiger partial charge in [0.1, 0.15) is 5.75 Å². The zero-order valence-corrected chi connectivity index (χ0v) is 12.9. The highest BCUT2D eigenvalue weighted by atomic mass is 79.9. The molecule has 1 unspecified atom stereocenters. The lowest BCUT2D eigenvalue weighted by atomic mass is 10.0. The van der Waals surface area contributed by atoms with E-state index in [1.165, 1.54) is 25.8 Å². The summed E-state index contributed by atoms with van der Waals surface area (Å²) in [5.74, 6) is 0.677. The monoisotopic (exact) mass is 325 g/mol. The maximum atomic E-state index is 11.0. The van der Waals surface area contributed by atoms with E-state index in [9.17, 15) is 4.79 Å². The topological polar surface area (TPSA) is 29.5 Å².